The standard InChI is InChI=1S/C28H26F3N5O5S/c1-15-10-16(20-4-2-3-5-22(20)32-15)14-40-18-6-7-21(23(12-18)41-26(38)28(29,30)31)25(37)33-17-8-9-39-19(11-17)13-24-34-27(42)36-35-24/h2-7,10,12,17,19H,8-9,11,13-14H2,1H3,(H,33,37)(H2,34,35,36,42). The summed E-state index contributed by atoms with van der Waals surface area (Å²) in [5.41, 5.74) is 2.09. The minimum absolute atomic E-state index is 0.0614. The summed E-state index contributed by atoms with van der Waals surface area (Å²) < 4.78 is 55.8. The maximum Gasteiger partial charge on any atom is 0.491 e. The Morgan fingerprint density at radius 1 is 1.14 bits per heavy atom. The van der Waals surface area contributed by atoms with Gasteiger partial charge in [0.2, 0.25) is 4.77 Å². The summed E-state index contributed by atoms with van der Waals surface area (Å²) in [5, 5.41) is 9.22. The van der Waals surface area contributed by atoms with E-state index in [2.05, 4.69) is 30.2 Å². The van der Waals surface area contributed by atoms with E-state index in [9.17, 15) is 22.8 Å². The number of ether oxygens (including phenoxy) is 3. The average molecular weight is 602 g/mol. The van der Waals surface area contributed by atoms with Gasteiger partial charge in [-0.1, -0.05) is 18.2 Å². The molecule has 0 spiro atoms. The van der Waals surface area contributed by atoms with Crippen molar-refractivity contribution in [2.75, 3.05) is 6.61 Å². The number of hydrogen-bond acceptors (Lipinski definition) is 8. The Morgan fingerprint density at radius 2 is 1.95 bits per heavy atom. The molecule has 2 aromatic heterocycles. The zero-order valence-corrected chi connectivity index (χ0v) is 23.1. The second-order valence-corrected chi connectivity index (χ2v) is 10.2. The quantitative estimate of drug-likeness (QED) is 0.148. The number of aromatic nitrogens is 4. The Bertz CT molecular complexity index is 1670. The number of nitrogens with zero attached hydrogens (tertiary/aromatic N) is 2. The predicted octanol–water partition coefficient (Wildman–Crippen LogP) is 4.89. The highest BCUT2D eigenvalue weighted by Crippen LogP contribution is 2.30. The molecule has 0 saturated carbocycles. The van der Waals surface area contributed by atoms with Gasteiger partial charge in [0.1, 0.15) is 23.9 Å². The van der Waals surface area contributed by atoms with Gasteiger partial charge in [0, 0.05) is 41.8 Å². The molecular formula is C28H26F3N5O5S. The number of pyridine rings is 1. The van der Waals surface area contributed by atoms with Crippen LogP contribution in [0.15, 0.2) is 48.5 Å². The normalized spacial score (nSPS) is 17.1. The van der Waals surface area contributed by atoms with E-state index in [0.29, 0.717) is 36.5 Å². The maximum atomic E-state index is 13.2. The third-order valence-corrected chi connectivity index (χ3v) is 6.82. The topological polar surface area (TPSA) is 131 Å². The van der Waals surface area contributed by atoms with Crippen molar-refractivity contribution in [1.82, 2.24) is 25.5 Å². The number of fused-ring (bicyclic) bond motifs is 1. The van der Waals surface area contributed by atoms with Gasteiger partial charge in [-0.15, -0.1) is 0 Å². The Morgan fingerprint density at radius 3 is 2.71 bits per heavy atom. The van der Waals surface area contributed by atoms with Crippen LogP contribution in [0.3, 0.4) is 0 Å². The summed E-state index contributed by atoms with van der Waals surface area (Å²) in [5.74, 6) is -3.02. The van der Waals surface area contributed by atoms with Crippen molar-refractivity contribution in [1.29, 1.82) is 0 Å². The average Bonchev–Trinajstić information content (AvgIpc) is 3.35. The number of alkyl halides is 3. The van der Waals surface area contributed by atoms with E-state index < -0.39 is 23.8 Å². The second-order valence-electron chi connectivity index (χ2n) is 9.78. The van der Waals surface area contributed by atoms with Crippen molar-refractivity contribution in [3.8, 4) is 11.5 Å². The number of H-pyrrole nitrogens is 2. The van der Waals surface area contributed by atoms with Crippen LogP contribution < -0.4 is 14.8 Å². The molecule has 0 radical (unpaired) electrons. The van der Waals surface area contributed by atoms with Crippen LogP contribution in [-0.2, 0) is 22.6 Å². The maximum absolute atomic E-state index is 13.2. The number of rotatable bonds is 8. The molecule has 0 bridgehead atoms. The minimum Gasteiger partial charge on any atom is -0.489 e. The number of para-hydroxylation sites is 1. The number of halogens is 3. The minimum atomic E-state index is -5.26. The van der Waals surface area contributed by atoms with Crippen LogP contribution in [0.5, 0.6) is 11.5 Å². The summed E-state index contributed by atoms with van der Waals surface area (Å²) in [6.07, 6.45) is -4.20. The molecule has 1 aliphatic rings. The molecule has 2 unspecified atom stereocenters. The second kappa shape index (κ2) is 12.3. The number of aryl methyl sites for hydroxylation is 1. The highest BCUT2D eigenvalue weighted by molar-refractivity contribution is 7.71. The molecule has 10 nitrogen and oxygen atoms in total. The van der Waals surface area contributed by atoms with Crippen molar-refractivity contribution < 1.29 is 37.0 Å². The monoisotopic (exact) mass is 601 g/mol. The zero-order valence-electron chi connectivity index (χ0n) is 22.3. The van der Waals surface area contributed by atoms with E-state index in [-0.39, 0.29) is 30.1 Å². The summed E-state index contributed by atoms with van der Waals surface area (Å²) in [6, 6.07) is 12.8. The zero-order chi connectivity index (χ0) is 29.9. The van der Waals surface area contributed by atoms with Crippen LogP contribution in [-0.4, -0.2) is 57.0 Å². The van der Waals surface area contributed by atoms with E-state index in [1.807, 2.05) is 37.3 Å². The highest BCUT2D eigenvalue weighted by Gasteiger charge is 2.42. The number of amides is 1. The smallest absolute Gasteiger partial charge is 0.489 e. The number of benzene rings is 2. The van der Waals surface area contributed by atoms with Crippen LogP contribution in [0.4, 0.5) is 13.2 Å². The number of esters is 1. The van der Waals surface area contributed by atoms with Crippen molar-refractivity contribution in [3.05, 3.63) is 75.9 Å². The predicted molar refractivity (Wildman–Crippen MR) is 147 cm³/mol. The van der Waals surface area contributed by atoms with Crippen molar-refractivity contribution in [2.45, 2.75) is 51.1 Å². The van der Waals surface area contributed by atoms with Crippen LogP contribution in [0, 0.1) is 11.7 Å². The summed E-state index contributed by atoms with van der Waals surface area (Å²) >= 11 is 4.96. The number of nitrogens with one attached hydrogen (secondary N) is 3. The number of aromatic amines is 2. The third-order valence-electron chi connectivity index (χ3n) is 6.63. The Hall–Kier alpha value is -4.30. The largest absolute Gasteiger partial charge is 0.491 e. The van der Waals surface area contributed by atoms with Crippen LogP contribution in [0.25, 0.3) is 10.9 Å². The van der Waals surface area contributed by atoms with Gasteiger partial charge < -0.3 is 19.5 Å². The SMILES string of the molecule is Cc1cc(COc2ccc(C(=O)NC3CCOC(Cc4nc(=S)[nH][nH]4)C3)c(OC(=O)C(F)(F)F)c2)c2ccccc2n1. The Balaban J connectivity index is 1.33. The van der Waals surface area contributed by atoms with Gasteiger partial charge in [0.25, 0.3) is 5.91 Å². The third kappa shape index (κ3) is 7.12. The van der Waals surface area contributed by atoms with E-state index in [1.54, 1.807) is 0 Å². The molecule has 3 heterocycles. The van der Waals surface area contributed by atoms with Crippen molar-refractivity contribution >= 4 is 35.0 Å². The van der Waals surface area contributed by atoms with E-state index >= 15 is 0 Å². The van der Waals surface area contributed by atoms with Gasteiger partial charge in [0.15, 0.2) is 0 Å². The molecule has 14 heteroatoms. The number of hydrogen-bond donors (Lipinski definition) is 3. The van der Waals surface area contributed by atoms with Gasteiger partial charge in [-0.05, 0) is 56.2 Å². The van der Waals surface area contributed by atoms with Gasteiger partial charge in [-0.2, -0.15) is 13.2 Å². The first-order valence-electron chi connectivity index (χ1n) is 13.0. The first kappa shape index (κ1) is 29.2. The Kier molecular flexibility index (Phi) is 8.54. The summed E-state index contributed by atoms with van der Waals surface area (Å²) in [4.78, 5) is 33.6. The molecule has 1 amide bonds. The van der Waals surface area contributed by atoms with Crippen molar-refractivity contribution in [3.63, 3.8) is 0 Å². The summed E-state index contributed by atoms with van der Waals surface area (Å²) in [6.45, 7) is 2.25. The fourth-order valence-electron chi connectivity index (χ4n) is 4.73. The molecule has 1 fully saturated rings. The molecule has 1 aliphatic heterocycles. The lowest BCUT2D eigenvalue weighted by Gasteiger charge is -2.30. The van der Waals surface area contributed by atoms with Crippen LogP contribution in [0.2, 0.25) is 0 Å². The first-order valence-corrected chi connectivity index (χ1v) is 13.4. The lowest BCUT2D eigenvalue weighted by atomic mass is 10.00. The fourth-order valence-corrected chi connectivity index (χ4v) is 4.89. The molecule has 1 saturated heterocycles. The first-order chi connectivity index (χ1) is 20.0. The lowest BCUT2D eigenvalue weighted by Crippen LogP contribution is -2.43. The molecule has 2 aromatic carbocycles. The van der Waals surface area contributed by atoms with Crippen LogP contribution >= 0.6 is 12.2 Å². The van der Waals surface area contributed by atoms with Crippen molar-refractivity contribution in [2.24, 2.45) is 0 Å². The van der Waals surface area contributed by atoms with E-state index in [0.717, 1.165) is 28.2 Å². The molecule has 2 atom stereocenters. The van der Waals surface area contributed by atoms with Gasteiger partial charge in [0.05, 0.1) is 17.2 Å². The van der Waals surface area contributed by atoms with Gasteiger partial charge in [-0.3, -0.25) is 20.0 Å². The van der Waals surface area contributed by atoms with Crippen LogP contribution in [0.1, 0.15) is 40.3 Å². The van der Waals surface area contributed by atoms with E-state index in [4.69, 9.17) is 21.7 Å². The molecule has 3 N–H and O–H groups in total. The molecule has 4 aromatic rings. The summed E-state index contributed by atoms with van der Waals surface area (Å²) in [7, 11) is 0. The molecule has 220 valence electrons. The van der Waals surface area contributed by atoms with E-state index in [1.165, 1.54) is 12.1 Å². The molecule has 0 aliphatic carbocycles. The highest BCUT2D eigenvalue weighted by atomic mass is 32.1. The molecule has 42 heavy (non-hydrogen) atoms. The van der Waals surface area contributed by atoms with Gasteiger partial charge in [-0.25, -0.2) is 9.78 Å². The van der Waals surface area contributed by atoms with Gasteiger partial charge >= 0.3 is 12.1 Å². The molecular weight excluding hydrogens is 575 g/mol. The fraction of sp³-hybridized carbons (Fsp3) is 0.321. The molecule has 5 rings (SSSR count). The number of carbonyl (C=O) groups excluding carboxylic acids is 2. The Labute approximate surface area is 242 Å². The number of carbonyl (C=O) groups is 2. The lowest BCUT2D eigenvalue weighted by molar-refractivity contribution is -0.189.